The second-order valence-corrected chi connectivity index (χ2v) is 7.14. The Balaban J connectivity index is 2.17. The third kappa shape index (κ3) is 2.99. The minimum atomic E-state index is -3.64. The molecule has 2 rings (SSSR count). The number of aromatic amines is 1. The van der Waals surface area contributed by atoms with Crippen LogP contribution in [0.4, 0.5) is 0 Å². The first-order chi connectivity index (χ1) is 7.99. The fourth-order valence-electron chi connectivity index (χ4n) is 1.14. The molecule has 0 aliphatic heterocycles. The molecule has 2 N–H and O–H groups in total. The number of hydrogen-bond donors (Lipinski definition) is 2. The monoisotopic (exact) mass is 311 g/mol. The van der Waals surface area contributed by atoms with E-state index in [1.807, 2.05) is 0 Å². The number of nitrogens with one attached hydrogen (secondary N) is 2. The number of H-pyrrole nitrogens is 1. The van der Waals surface area contributed by atoms with Gasteiger partial charge in [0.25, 0.3) is 0 Å². The molecule has 0 aromatic carbocycles. The molecule has 92 valence electrons. The van der Waals surface area contributed by atoms with Gasteiger partial charge < -0.3 is 0 Å². The number of rotatable bonds is 4. The van der Waals surface area contributed by atoms with Crippen LogP contribution in [0.3, 0.4) is 0 Å². The molecule has 0 aliphatic carbocycles. The Kier molecular flexibility index (Phi) is 3.74. The Hall–Kier alpha value is -0.600. The molecule has 0 saturated heterocycles. The van der Waals surface area contributed by atoms with Crippen LogP contribution >= 0.6 is 34.5 Å². The molecule has 2 aromatic rings. The highest BCUT2D eigenvalue weighted by Gasteiger charge is 2.20. The Morgan fingerprint density at radius 3 is 2.76 bits per heavy atom. The molecule has 0 fully saturated rings. The molecule has 0 amide bonds. The van der Waals surface area contributed by atoms with Crippen molar-refractivity contribution < 1.29 is 8.42 Å². The molecule has 2 heterocycles. The average molecular weight is 312 g/mol. The van der Waals surface area contributed by atoms with Crippen molar-refractivity contribution in [3.63, 3.8) is 0 Å². The van der Waals surface area contributed by atoms with Crippen LogP contribution in [0.5, 0.6) is 0 Å². The van der Waals surface area contributed by atoms with Crippen LogP contribution in [0, 0.1) is 0 Å². The SMILES string of the molecule is O=S(=O)(NCc1cn[nH]c1)c1cc(Cl)sc1Cl. The van der Waals surface area contributed by atoms with E-state index in [9.17, 15) is 8.42 Å². The molecule has 0 saturated carbocycles. The van der Waals surface area contributed by atoms with E-state index in [-0.39, 0.29) is 15.8 Å². The second kappa shape index (κ2) is 4.95. The highest BCUT2D eigenvalue weighted by Crippen LogP contribution is 2.34. The maximum absolute atomic E-state index is 11.9. The number of thiophene rings is 1. The number of nitrogens with zero attached hydrogens (tertiary/aromatic N) is 1. The lowest BCUT2D eigenvalue weighted by molar-refractivity contribution is 0.582. The van der Waals surface area contributed by atoms with Crippen molar-refractivity contribution in [3.05, 3.63) is 32.7 Å². The zero-order valence-electron chi connectivity index (χ0n) is 8.28. The van der Waals surface area contributed by atoms with Crippen LogP contribution in [0.15, 0.2) is 23.4 Å². The quantitative estimate of drug-likeness (QED) is 0.909. The molecular formula is C8H7Cl2N3O2S2. The Bertz CT molecular complexity index is 607. The van der Waals surface area contributed by atoms with E-state index in [1.54, 1.807) is 6.20 Å². The standard InChI is InChI=1S/C8H7Cl2N3O2S2/c9-7-1-6(8(10)16-7)17(14,15)13-4-5-2-11-12-3-5/h1-3,13H,4H2,(H,11,12). The summed E-state index contributed by atoms with van der Waals surface area (Å²) in [6, 6.07) is 1.33. The molecule has 0 bridgehead atoms. The van der Waals surface area contributed by atoms with Gasteiger partial charge >= 0.3 is 0 Å². The number of hydrogen-bond acceptors (Lipinski definition) is 4. The van der Waals surface area contributed by atoms with Crippen molar-refractivity contribution in [2.24, 2.45) is 0 Å². The Morgan fingerprint density at radius 2 is 2.24 bits per heavy atom. The molecule has 17 heavy (non-hydrogen) atoms. The third-order valence-corrected chi connectivity index (χ3v) is 5.09. The van der Waals surface area contributed by atoms with Gasteiger partial charge in [-0.2, -0.15) is 5.10 Å². The third-order valence-electron chi connectivity index (χ3n) is 1.94. The maximum atomic E-state index is 11.9. The van der Waals surface area contributed by atoms with Crippen LogP contribution in [0.1, 0.15) is 5.56 Å². The van der Waals surface area contributed by atoms with Gasteiger partial charge in [-0.05, 0) is 6.07 Å². The number of sulfonamides is 1. The molecule has 0 radical (unpaired) electrons. The zero-order valence-corrected chi connectivity index (χ0v) is 11.4. The van der Waals surface area contributed by atoms with E-state index >= 15 is 0 Å². The van der Waals surface area contributed by atoms with Gasteiger partial charge in [0.05, 0.1) is 10.5 Å². The van der Waals surface area contributed by atoms with Crippen LogP contribution in [0.2, 0.25) is 8.67 Å². The zero-order chi connectivity index (χ0) is 12.5. The second-order valence-electron chi connectivity index (χ2n) is 3.12. The fourth-order valence-corrected chi connectivity index (χ4v) is 4.30. The maximum Gasteiger partial charge on any atom is 0.243 e. The first kappa shape index (κ1) is 12.8. The lowest BCUT2D eigenvalue weighted by Crippen LogP contribution is -2.22. The van der Waals surface area contributed by atoms with Crippen LogP contribution < -0.4 is 4.72 Å². The first-order valence-corrected chi connectivity index (χ1v) is 7.47. The van der Waals surface area contributed by atoms with E-state index in [4.69, 9.17) is 23.2 Å². The molecule has 9 heteroatoms. The van der Waals surface area contributed by atoms with Crippen LogP contribution in [0.25, 0.3) is 0 Å². The van der Waals surface area contributed by atoms with Crippen molar-refractivity contribution in [1.29, 1.82) is 0 Å². The minimum Gasteiger partial charge on any atom is -0.285 e. The molecule has 0 aliphatic rings. The van der Waals surface area contributed by atoms with Gasteiger partial charge in [-0.15, -0.1) is 11.3 Å². The highest BCUT2D eigenvalue weighted by atomic mass is 35.5. The number of halogens is 2. The van der Waals surface area contributed by atoms with Crippen molar-refractivity contribution in [1.82, 2.24) is 14.9 Å². The van der Waals surface area contributed by atoms with E-state index < -0.39 is 10.0 Å². The fraction of sp³-hybridized carbons (Fsp3) is 0.125. The van der Waals surface area contributed by atoms with E-state index in [2.05, 4.69) is 14.9 Å². The van der Waals surface area contributed by atoms with E-state index in [0.717, 1.165) is 16.9 Å². The summed E-state index contributed by atoms with van der Waals surface area (Å²) in [5, 5.41) is 6.30. The molecular weight excluding hydrogens is 305 g/mol. The van der Waals surface area contributed by atoms with Gasteiger partial charge in [-0.3, -0.25) is 5.10 Å². The van der Waals surface area contributed by atoms with Gasteiger partial charge in [0.15, 0.2) is 0 Å². The van der Waals surface area contributed by atoms with Crippen molar-refractivity contribution in [2.45, 2.75) is 11.4 Å². The summed E-state index contributed by atoms with van der Waals surface area (Å²) < 4.78 is 26.7. The van der Waals surface area contributed by atoms with Crippen molar-refractivity contribution in [2.75, 3.05) is 0 Å². The summed E-state index contributed by atoms with van der Waals surface area (Å²) in [5.74, 6) is 0. The van der Waals surface area contributed by atoms with Gasteiger partial charge in [-0.25, -0.2) is 13.1 Å². The van der Waals surface area contributed by atoms with Gasteiger partial charge in [0.2, 0.25) is 10.0 Å². The predicted molar refractivity (Wildman–Crippen MR) is 67.0 cm³/mol. The van der Waals surface area contributed by atoms with E-state index in [0.29, 0.717) is 4.34 Å². The highest BCUT2D eigenvalue weighted by molar-refractivity contribution is 7.89. The molecule has 0 spiro atoms. The minimum absolute atomic E-state index is 0.00217. The normalized spacial score (nSPS) is 11.9. The van der Waals surface area contributed by atoms with Crippen LogP contribution in [-0.2, 0) is 16.6 Å². The van der Waals surface area contributed by atoms with Gasteiger partial charge in [-0.1, -0.05) is 23.2 Å². The average Bonchev–Trinajstić information content (AvgIpc) is 2.85. The van der Waals surface area contributed by atoms with Crippen molar-refractivity contribution in [3.8, 4) is 0 Å². The van der Waals surface area contributed by atoms with Crippen molar-refractivity contribution >= 4 is 44.6 Å². The molecule has 5 nitrogen and oxygen atoms in total. The summed E-state index contributed by atoms with van der Waals surface area (Å²) in [6.45, 7) is 0.141. The lowest BCUT2D eigenvalue weighted by Gasteiger charge is -2.03. The van der Waals surface area contributed by atoms with E-state index in [1.165, 1.54) is 12.3 Å². The molecule has 0 unspecified atom stereocenters. The topological polar surface area (TPSA) is 74.8 Å². The smallest absolute Gasteiger partial charge is 0.243 e. The molecule has 2 aromatic heterocycles. The van der Waals surface area contributed by atoms with Crippen LogP contribution in [-0.4, -0.2) is 18.6 Å². The van der Waals surface area contributed by atoms with Gasteiger partial charge in [0, 0.05) is 18.3 Å². The number of aromatic nitrogens is 2. The van der Waals surface area contributed by atoms with Gasteiger partial charge in [0.1, 0.15) is 9.23 Å². The molecule has 0 atom stereocenters. The predicted octanol–water partition coefficient (Wildman–Crippen LogP) is 2.26. The summed E-state index contributed by atoms with van der Waals surface area (Å²) in [5.41, 5.74) is 0.728. The summed E-state index contributed by atoms with van der Waals surface area (Å²) in [6.07, 6.45) is 3.13. The Labute approximate surface area is 112 Å². The summed E-state index contributed by atoms with van der Waals surface area (Å²) >= 11 is 12.5. The summed E-state index contributed by atoms with van der Waals surface area (Å²) in [4.78, 5) is -0.00217. The Morgan fingerprint density at radius 1 is 1.47 bits per heavy atom. The first-order valence-electron chi connectivity index (χ1n) is 4.41. The largest absolute Gasteiger partial charge is 0.285 e. The summed E-state index contributed by atoms with van der Waals surface area (Å²) in [7, 11) is -3.64. The lowest BCUT2D eigenvalue weighted by atomic mass is 10.4.